The van der Waals surface area contributed by atoms with Crippen LogP contribution >= 0.6 is 0 Å². The van der Waals surface area contributed by atoms with Gasteiger partial charge in [0.1, 0.15) is 0 Å². The first-order chi connectivity index (χ1) is 12.9. The quantitative estimate of drug-likeness (QED) is 0.516. The van der Waals surface area contributed by atoms with E-state index in [-0.39, 0.29) is 5.41 Å². The molecule has 3 aromatic carbocycles. The number of hydrogen-bond donors (Lipinski definition) is 0. The number of fused-ring (bicyclic) bond motifs is 3. The van der Waals surface area contributed by atoms with Crippen LogP contribution in [0.5, 0.6) is 0 Å². The molecule has 0 aliphatic heterocycles. The summed E-state index contributed by atoms with van der Waals surface area (Å²) in [5.41, 5.74) is 7.88. The number of hydrogen-bond acceptors (Lipinski definition) is 0. The van der Waals surface area contributed by atoms with Gasteiger partial charge in [-0.2, -0.15) is 0 Å². The molecule has 0 saturated heterocycles. The average Bonchev–Trinajstić information content (AvgIpc) is 2.84. The number of benzene rings is 3. The van der Waals surface area contributed by atoms with Crippen LogP contribution in [0.3, 0.4) is 0 Å². The molecule has 2 aliphatic rings. The summed E-state index contributed by atoms with van der Waals surface area (Å²) in [4.78, 5) is 0. The maximum atomic E-state index is 2.41. The van der Waals surface area contributed by atoms with Gasteiger partial charge in [-0.05, 0) is 39.8 Å². The topological polar surface area (TPSA) is 0 Å². The lowest BCUT2D eigenvalue weighted by Gasteiger charge is -2.34. The Kier molecular flexibility index (Phi) is 3.50. The first-order valence-corrected chi connectivity index (χ1v) is 9.21. The molecule has 2 aliphatic carbocycles. The van der Waals surface area contributed by atoms with Gasteiger partial charge < -0.3 is 0 Å². The molecule has 0 saturated carbocycles. The molecule has 0 aromatic heterocycles. The Hall–Kier alpha value is -3.12. The first kappa shape index (κ1) is 15.2. The summed E-state index contributed by atoms with van der Waals surface area (Å²) >= 11 is 0. The van der Waals surface area contributed by atoms with Gasteiger partial charge in [-0.3, -0.25) is 0 Å². The third kappa shape index (κ3) is 2.02. The van der Waals surface area contributed by atoms with E-state index in [0.29, 0.717) is 0 Å². The molecule has 0 heteroatoms. The normalized spacial score (nSPS) is 16.9. The Morgan fingerprint density at radius 3 is 1.96 bits per heavy atom. The van der Waals surface area contributed by atoms with E-state index in [4.69, 9.17) is 0 Å². The predicted molar refractivity (Wildman–Crippen MR) is 109 cm³/mol. The van der Waals surface area contributed by atoms with Crippen LogP contribution in [-0.2, 0) is 5.41 Å². The van der Waals surface area contributed by atoms with Crippen LogP contribution < -0.4 is 0 Å². The fourth-order valence-electron chi connectivity index (χ4n) is 4.57. The van der Waals surface area contributed by atoms with Crippen LogP contribution in [0.1, 0.15) is 28.7 Å². The Morgan fingerprint density at radius 2 is 1.27 bits per heavy atom. The number of rotatable bonds is 2. The second kappa shape index (κ2) is 6.00. The van der Waals surface area contributed by atoms with Crippen molar-refractivity contribution in [2.75, 3.05) is 0 Å². The molecule has 26 heavy (non-hydrogen) atoms. The maximum absolute atomic E-state index is 2.41. The lowest BCUT2D eigenvalue weighted by Crippen LogP contribution is -2.28. The molecule has 0 radical (unpaired) electrons. The van der Waals surface area contributed by atoms with Crippen molar-refractivity contribution in [3.63, 3.8) is 0 Å². The number of allylic oxidation sites excluding steroid dienone is 6. The molecule has 5 rings (SSSR count). The second-order valence-corrected chi connectivity index (χ2v) is 6.89. The van der Waals surface area contributed by atoms with E-state index in [1.165, 1.54) is 33.4 Å². The zero-order valence-electron chi connectivity index (χ0n) is 14.6. The zero-order valence-corrected chi connectivity index (χ0v) is 14.6. The van der Waals surface area contributed by atoms with Crippen molar-refractivity contribution in [1.29, 1.82) is 0 Å². The fourth-order valence-corrected chi connectivity index (χ4v) is 4.57. The average molecular weight is 332 g/mol. The predicted octanol–water partition coefficient (Wildman–Crippen LogP) is 6.30. The summed E-state index contributed by atoms with van der Waals surface area (Å²) in [6.07, 6.45) is 10.1. The summed E-state index contributed by atoms with van der Waals surface area (Å²) in [6, 6.07) is 30.8. The van der Waals surface area contributed by atoms with Crippen molar-refractivity contribution in [1.82, 2.24) is 0 Å². The van der Waals surface area contributed by atoms with Gasteiger partial charge in [0.2, 0.25) is 0 Å². The van der Waals surface area contributed by atoms with E-state index < -0.39 is 0 Å². The lowest BCUT2D eigenvalue weighted by atomic mass is 9.67. The molecule has 0 N–H and O–H groups in total. The lowest BCUT2D eigenvalue weighted by molar-refractivity contribution is 0.766. The molecule has 0 nitrogen and oxygen atoms in total. The van der Waals surface area contributed by atoms with E-state index in [9.17, 15) is 0 Å². The molecule has 0 atom stereocenters. The monoisotopic (exact) mass is 332 g/mol. The molecule has 124 valence electrons. The van der Waals surface area contributed by atoms with Crippen molar-refractivity contribution >= 4 is 5.57 Å². The molecular formula is C26H20. The highest BCUT2D eigenvalue weighted by molar-refractivity contribution is 5.94. The SMILES string of the molecule is C1=CCC=C2C(=C1)c1ccccc1C2(c1ccccc1)c1ccccc1. The Morgan fingerprint density at radius 1 is 0.654 bits per heavy atom. The van der Waals surface area contributed by atoms with Gasteiger partial charge >= 0.3 is 0 Å². The molecule has 0 bridgehead atoms. The minimum atomic E-state index is -0.253. The highest BCUT2D eigenvalue weighted by Crippen LogP contribution is 2.57. The standard InChI is InChI=1S/C26H20/c1-4-12-20(13-5-1)26(21-14-6-2-7-15-21)24-18-9-3-8-16-22(24)23-17-10-11-19-25(23)26/h1-8,10-19H,9H2. The largest absolute Gasteiger partial charge is 0.0807 e. The van der Waals surface area contributed by atoms with Gasteiger partial charge in [0.25, 0.3) is 0 Å². The van der Waals surface area contributed by atoms with E-state index in [1.54, 1.807) is 0 Å². The van der Waals surface area contributed by atoms with Gasteiger partial charge in [-0.1, -0.05) is 109 Å². The van der Waals surface area contributed by atoms with Crippen molar-refractivity contribution in [3.8, 4) is 0 Å². The van der Waals surface area contributed by atoms with Crippen molar-refractivity contribution in [2.45, 2.75) is 11.8 Å². The molecule has 0 fully saturated rings. The highest BCUT2D eigenvalue weighted by atomic mass is 14.5. The van der Waals surface area contributed by atoms with E-state index in [2.05, 4.69) is 109 Å². The van der Waals surface area contributed by atoms with Gasteiger partial charge in [0.05, 0.1) is 5.41 Å². The van der Waals surface area contributed by atoms with Crippen LogP contribution in [0.4, 0.5) is 0 Å². The zero-order chi connectivity index (χ0) is 17.4. The third-order valence-corrected chi connectivity index (χ3v) is 5.59. The molecule has 3 aromatic rings. The summed E-state index contributed by atoms with van der Waals surface area (Å²) in [5, 5.41) is 0. The minimum absolute atomic E-state index is 0.253. The summed E-state index contributed by atoms with van der Waals surface area (Å²) in [5.74, 6) is 0. The molecular weight excluding hydrogens is 312 g/mol. The van der Waals surface area contributed by atoms with Crippen LogP contribution in [0, 0.1) is 0 Å². The van der Waals surface area contributed by atoms with E-state index in [0.717, 1.165) is 6.42 Å². The Labute approximate surface area is 154 Å². The van der Waals surface area contributed by atoms with Gasteiger partial charge in [-0.15, -0.1) is 0 Å². The fraction of sp³-hybridized carbons (Fsp3) is 0.0769. The smallest absolute Gasteiger partial charge is 0.0710 e. The van der Waals surface area contributed by atoms with Crippen LogP contribution in [0.25, 0.3) is 5.57 Å². The maximum Gasteiger partial charge on any atom is 0.0710 e. The summed E-state index contributed by atoms with van der Waals surface area (Å²) in [6.45, 7) is 0. The molecule has 0 unspecified atom stereocenters. The summed E-state index contributed by atoms with van der Waals surface area (Å²) in [7, 11) is 0. The van der Waals surface area contributed by atoms with Gasteiger partial charge in [0, 0.05) is 0 Å². The van der Waals surface area contributed by atoms with Crippen LogP contribution in [0.15, 0.2) is 115 Å². The minimum Gasteiger partial charge on any atom is -0.0807 e. The van der Waals surface area contributed by atoms with Crippen LogP contribution in [-0.4, -0.2) is 0 Å². The molecule has 0 spiro atoms. The van der Waals surface area contributed by atoms with Gasteiger partial charge in [-0.25, -0.2) is 0 Å². The van der Waals surface area contributed by atoms with Crippen molar-refractivity contribution in [3.05, 3.63) is 137 Å². The second-order valence-electron chi connectivity index (χ2n) is 6.89. The van der Waals surface area contributed by atoms with Crippen molar-refractivity contribution < 1.29 is 0 Å². The van der Waals surface area contributed by atoms with Crippen LogP contribution in [0.2, 0.25) is 0 Å². The van der Waals surface area contributed by atoms with Gasteiger partial charge in [0.15, 0.2) is 0 Å². The first-order valence-electron chi connectivity index (χ1n) is 9.21. The van der Waals surface area contributed by atoms with E-state index in [1.807, 2.05) is 0 Å². The van der Waals surface area contributed by atoms with E-state index >= 15 is 0 Å². The third-order valence-electron chi connectivity index (χ3n) is 5.59. The van der Waals surface area contributed by atoms with Crippen molar-refractivity contribution in [2.24, 2.45) is 0 Å². The Balaban J connectivity index is 1.95. The summed E-state index contributed by atoms with van der Waals surface area (Å²) < 4.78 is 0. The molecule has 0 heterocycles. The Bertz CT molecular complexity index is 994. The molecule has 0 amide bonds. The highest BCUT2D eigenvalue weighted by Gasteiger charge is 2.47.